The highest BCUT2D eigenvalue weighted by Gasteiger charge is 2.29. The lowest BCUT2D eigenvalue weighted by Gasteiger charge is -2.40. The number of likely N-dealkylation sites (tertiary alicyclic amines) is 1. The summed E-state index contributed by atoms with van der Waals surface area (Å²) in [5, 5.41) is 11.0. The van der Waals surface area contributed by atoms with Crippen LogP contribution in [-0.4, -0.2) is 28.6 Å². The molecule has 0 spiro atoms. The molecule has 134 valence electrons. The van der Waals surface area contributed by atoms with Gasteiger partial charge in [0.15, 0.2) is 0 Å². The van der Waals surface area contributed by atoms with Gasteiger partial charge >= 0.3 is 0 Å². The maximum absolute atomic E-state index is 11.0. The average molecular weight is 338 g/mol. The van der Waals surface area contributed by atoms with Gasteiger partial charge < -0.3 is 5.11 Å². The highest BCUT2D eigenvalue weighted by atomic mass is 16.3. The van der Waals surface area contributed by atoms with Crippen molar-refractivity contribution in [2.75, 3.05) is 6.54 Å². The molecule has 2 nitrogen and oxygen atoms in total. The number of benzene rings is 2. The molecule has 3 atom stereocenters. The molecule has 3 rings (SSSR count). The molecular formula is C23H31NO. The van der Waals surface area contributed by atoms with E-state index in [1.807, 2.05) is 13.0 Å². The Balaban J connectivity index is 1.67. The van der Waals surface area contributed by atoms with E-state index in [1.54, 1.807) is 0 Å². The molecule has 25 heavy (non-hydrogen) atoms. The van der Waals surface area contributed by atoms with Crippen LogP contribution in [0.15, 0.2) is 54.6 Å². The second-order valence-corrected chi connectivity index (χ2v) is 7.83. The lowest BCUT2D eigenvalue weighted by molar-refractivity contribution is 0.0161. The predicted molar refractivity (Wildman–Crippen MR) is 106 cm³/mol. The Bertz CT molecular complexity index is 652. The van der Waals surface area contributed by atoms with Crippen LogP contribution in [0.25, 0.3) is 11.1 Å². The van der Waals surface area contributed by atoms with Gasteiger partial charge in [0, 0.05) is 18.6 Å². The van der Waals surface area contributed by atoms with Gasteiger partial charge in [-0.1, -0.05) is 61.0 Å². The summed E-state index contributed by atoms with van der Waals surface area (Å²) in [5.74, 6) is 0. The summed E-state index contributed by atoms with van der Waals surface area (Å²) in [4.78, 5) is 2.57. The molecule has 2 aromatic rings. The zero-order chi connectivity index (χ0) is 17.9. The molecule has 2 heteroatoms. The standard InChI is InChI=1S/C23H31NO/c1-18-8-7-9-19(2)24(18)17-16-23(3,25)22-14-12-21(13-15-22)20-10-5-4-6-11-20/h4-6,10-15,18-19,25H,7-9,16-17H2,1-3H3. The monoisotopic (exact) mass is 337 g/mol. The Morgan fingerprint density at radius 1 is 0.920 bits per heavy atom. The third-order valence-electron chi connectivity index (χ3n) is 5.85. The third kappa shape index (κ3) is 4.31. The Hall–Kier alpha value is -1.64. The van der Waals surface area contributed by atoms with Crippen molar-refractivity contribution in [3.63, 3.8) is 0 Å². The van der Waals surface area contributed by atoms with Crippen LogP contribution in [0.3, 0.4) is 0 Å². The fourth-order valence-corrected chi connectivity index (χ4v) is 4.06. The van der Waals surface area contributed by atoms with Crippen molar-refractivity contribution >= 4 is 0 Å². The zero-order valence-electron chi connectivity index (χ0n) is 15.8. The van der Waals surface area contributed by atoms with E-state index in [2.05, 4.69) is 67.3 Å². The quantitative estimate of drug-likeness (QED) is 0.809. The van der Waals surface area contributed by atoms with Crippen LogP contribution in [0, 0.1) is 0 Å². The van der Waals surface area contributed by atoms with Crippen LogP contribution in [-0.2, 0) is 5.60 Å². The number of piperidine rings is 1. The van der Waals surface area contributed by atoms with Gasteiger partial charge in [-0.15, -0.1) is 0 Å². The molecule has 3 unspecified atom stereocenters. The molecule has 1 saturated heterocycles. The van der Waals surface area contributed by atoms with Crippen LogP contribution in [0.5, 0.6) is 0 Å². The summed E-state index contributed by atoms with van der Waals surface area (Å²) in [5.41, 5.74) is 2.62. The van der Waals surface area contributed by atoms with E-state index in [-0.39, 0.29) is 0 Å². The Morgan fingerprint density at radius 2 is 1.48 bits per heavy atom. The molecule has 1 heterocycles. The first kappa shape index (κ1) is 18.2. The molecule has 0 aliphatic carbocycles. The Morgan fingerprint density at radius 3 is 2.08 bits per heavy atom. The molecule has 0 aromatic heterocycles. The van der Waals surface area contributed by atoms with E-state index in [0.717, 1.165) is 18.5 Å². The minimum atomic E-state index is -0.786. The maximum atomic E-state index is 11.0. The van der Waals surface area contributed by atoms with Gasteiger partial charge in [-0.3, -0.25) is 4.90 Å². The molecule has 1 aliphatic heterocycles. The van der Waals surface area contributed by atoms with Crippen LogP contribution in [0.4, 0.5) is 0 Å². The van der Waals surface area contributed by atoms with Crippen molar-refractivity contribution in [3.05, 3.63) is 60.2 Å². The van der Waals surface area contributed by atoms with Crippen molar-refractivity contribution in [3.8, 4) is 11.1 Å². The van der Waals surface area contributed by atoms with Crippen molar-refractivity contribution in [2.24, 2.45) is 0 Å². The van der Waals surface area contributed by atoms with Gasteiger partial charge in [-0.05, 0) is 56.7 Å². The number of aliphatic hydroxyl groups is 1. The fraction of sp³-hybridized carbons (Fsp3) is 0.478. The van der Waals surface area contributed by atoms with E-state index < -0.39 is 5.60 Å². The van der Waals surface area contributed by atoms with Gasteiger partial charge in [-0.2, -0.15) is 0 Å². The van der Waals surface area contributed by atoms with Crippen molar-refractivity contribution in [1.29, 1.82) is 0 Å². The second kappa shape index (κ2) is 7.72. The highest BCUT2D eigenvalue weighted by Crippen LogP contribution is 2.30. The van der Waals surface area contributed by atoms with Gasteiger partial charge in [0.1, 0.15) is 0 Å². The van der Waals surface area contributed by atoms with E-state index in [0.29, 0.717) is 12.1 Å². The summed E-state index contributed by atoms with van der Waals surface area (Å²) >= 11 is 0. The number of hydrogen-bond acceptors (Lipinski definition) is 2. The number of rotatable bonds is 5. The molecule has 0 bridgehead atoms. The average Bonchev–Trinajstić information content (AvgIpc) is 2.62. The summed E-state index contributed by atoms with van der Waals surface area (Å²) < 4.78 is 0. The van der Waals surface area contributed by atoms with Gasteiger partial charge in [-0.25, -0.2) is 0 Å². The minimum Gasteiger partial charge on any atom is -0.385 e. The summed E-state index contributed by atoms with van der Waals surface area (Å²) in [6, 6.07) is 20.0. The molecule has 1 aliphatic rings. The number of hydrogen-bond donors (Lipinski definition) is 1. The topological polar surface area (TPSA) is 23.5 Å². The van der Waals surface area contributed by atoms with Crippen molar-refractivity contribution in [2.45, 2.75) is 64.1 Å². The first-order valence-electron chi connectivity index (χ1n) is 9.61. The third-order valence-corrected chi connectivity index (χ3v) is 5.85. The largest absolute Gasteiger partial charge is 0.385 e. The SMILES string of the molecule is CC1CCCC(C)N1CCC(C)(O)c1ccc(-c2ccccc2)cc1. The second-order valence-electron chi connectivity index (χ2n) is 7.83. The lowest BCUT2D eigenvalue weighted by Crippen LogP contribution is -2.45. The van der Waals surface area contributed by atoms with E-state index in [4.69, 9.17) is 0 Å². The van der Waals surface area contributed by atoms with E-state index >= 15 is 0 Å². The van der Waals surface area contributed by atoms with Crippen LogP contribution in [0.2, 0.25) is 0 Å². The van der Waals surface area contributed by atoms with E-state index in [1.165, 1.54) is 30.4 Å². The minimum absolute atomic E-state index is 0.625. The van der Waals surface area contributed by atoms with Crippen LogP contribution < -0.4 is 0 Å². The summed E-state index contributed by atoms with van der Waals surface area (Å²) in [7, 11) is 0. The predicted octanol–water partition coefficient (Wildman–Crippen LogP) is 5.21. The van der Waals surface area contributed by atoms with Gasteiger partial charge in [0.25, 0.3) is 0 Å². The molecule has 0 amide bonds. The molecule has 0 saturated carbocycles. The van der Waals surface area contributed by atoms with E-state index in [9.17, 15) is 5.11 Å². The van der Waals surface area contributed by atoms with Crippen molar-refractivity contribution < 1.29 is 5.11 Å². The molecule has 0 radical (unpaired) electrons. The molecule has 2 aromatic carbocycles. The van der Waals surface area contributed by atoms with Crippen LogP contribution >= 0.6 is 0 Å². The summed E-state index contributed by atoms with van der Waals surface area (Å²) in [6.07, 6.45) is 4.65. The van der Waals surface area contributed by atoms with Gasteiger partial charge in [0.05, 0.1) is 5.60 Å². The molecule has 1 N–H and O–H groups in total. The van der Waals surface area contributed by atoms with Crippen molar-refractivity contribution in [1.82, 2.24) is 4.90 Å². The lowest BCUT2D eigenvalue weighted by atomic mass is 9.89. The first-order valence-corrected chi connectivity index (χ1v) is 9.61. The Labute approximate surface area is 152 Å². The fourth-order valence-electron chi connectivity index (χ4n) is 4.06. The normalized spacial score (nSPS) is 24.0. The summed E-state index contributed by atoms with van der Waals surface area (Å²) in [6.45, 7) is 7.54. The van der Waals surface area contributed by atoms with Crippen LogP contribution in [0.1, 0.15) is 52.0 Å². The molecule has 1 fully saturated rings. The number of nitrogens with zero attached hydrogens (tertiary/aromatic N) is 1. The maximum Gasteiger partial charge on any atom is 0.0880 e. The molecular weight excluding hydrogens is 306 g/mol. The zero-order valence-corrected chi connectivity index (χ0v) is 15.8. The Kier molecular flexibility index (Phi) is 5.61. The highest BCUT2D eigenvalue weighted by molar-refractivity contribution is 5.63. The van der Waals surface area contributed by atoms with Gasteiger partial charge in [0.2, 0.25) is 0 Å². The smallest absolute Gasteiger partial charge is 0.0880 e. The first-order chi connectivity index (χ1) is 12.0.